The third-order valence-electron chi connectivity index (χ3n) is 2.37. The van der Waals surface area contributed by atoms with E-state index < -0.39 is 8.80 Å². The van der Waals surface area contributed by atoms with E-state index >= 15 is 0 Å². The molecule has 0 saturated carbocycles. The minimum absolute atomic E-state index is 0.397. The lowest BCUT2D eigenvalue weighted by atomic mass is 10.2. The molecule has 0 amide bonds. The maximum atomic E-state index is 3.40. The second-order valence-corrected chi connectivity index (χ2v) is 10.2. The van der Waals surface area contributed by atoms with Gasteiger partial charge in [0, 0.05) is 0 Å². The van der Waals surface area contributed by atoms with Crippen molar-refractivity contribution in [1.82, 2.24) is 0 Å². The quantitative estimate of drug-likeness (QED) is 0.443. The summed E-state index contributed by atoms with van der Waals surface area (Å²) >= 11 is 0. The van der Waals surface area contributed by atoms with Crippen molar-refractivity contribution in [2.45, 2.75) is 51.6 Å². The molecule has 1 aliphatic rings. The molecular formula is C13H21Si. The predicted octanol–water partition coefficient (Wildman–Crippen LogP) is 4.27. The summed E-state index contributed by atoms with van der Waals surface area (Å²) < 4.78 is 0. The molecule has 1 aliphatic carbocycles. The fourth-order valence-corrected chi connectivity index (χ4v) is 6.78. The van der Waals surface area contributed by atoms with Gasteiger partial charge in [0.25, 0.3) is 0 Å². The Labute approximate surface area is 90.0 Å². The first-order chi connectivity index (χ1) is 6.23. The van der Waals surface area contributed by atoms with E-state index in [0.717, 1.165) is 0 Å². The van der Waals surface area contributed by atoms with E-state index in [0.29, 0.717) is 10.1 Å². The van der Waals surface area contributed by atoms with Gasteiger partial charge in [0.2, 0.25) is 0 Å². The van der Waals surface area contributed by atoms with Gasteiger partial charge in [0.15, 0.2) is 0 Å². The van der Waals surface area contributed by atoms with Gasteiger partial charge in [-0.05, 0) is 21.3 Å². The van der Waals surface area contributed by atoms with Crippen LogP contribution in [-0.2, 0) is 0 Å². The molecule has 0 aliphatic heterocycles. The van der Waals surface area contributed by atoms with Crippen molar-refractivity contribution in [2.24, 2.45) is 0 Å². The fourth-order valence-electron chi connectivity index (χ4n) is 2.42. The van der Waals surface area contributed by atoms with Gasteiger partial charge in [0.1, 0.15) is 8.80 Å². The lowest BCUT2D eigenvalue weighted by Gasteiger charge is -2.38. The highest BCUT2D eigenvalue weighted by Gasteiger charge is 2.39. The third-order valence-corrected chi connectivity index (χ3v) is 6.22. The van der Waals surface area contributed by atoms with Crippen LogP contribution >= 0.6 is 0 Å². The van der Waals surface area contributed by atoms with Gasteiger partial charge in [-0.3, -0.25) is 0 Å². The van der Waals surface area contributed by atoms with Crippen molar-refractivity contribution < 1.29 is 0 Å². The summed E-state index contributed by atoms with van der Waals surface area (Å²) in [5.74, 6) is 0. The summed E-state index contributed by atoms with van der Waals surface area (Å²) in [7, 11) is -0.566. The summed E-state index contributed by atoms with van der Waals surface area (Å²) in [4.78, 5) is 0. The van der Waals surface area contributed by atoms with Crippen LogP contribution in [0, 0.1) is 0 Å². The van der Waals surface area contributed by atoms with E-state index in [9.17, 15) is 0 Å². The van der Waals surface area contributed by atoms with Gasteiger partial charge in [0.05, 0.1) is 0 Å². The molecule has 0 atom stereocenters. The van der Waals surface area contributed by atoms with Gasteiger partial charge in [-0.25, -0.2) is 0 Å². The second-order valence-electron chi connectivity index (χ2n) is 5.96. The molecule has 14 heavy (non-hydrogen) atoms. The van der Waals surface area contributed by atoms with E-state index in [-0.39, 0.29) is 0 Å². The molecule has 0 unspecified atom stereocenters. The Kier molecular flexibility index (Phi) is 2.94. The predicted molar refractivity (Wildman–Crippen MR) is 65.9 cm³/mol. The molecule has 0 aromatic heterocycles. The lowest BCUT2D eigenvalue weighted by molar-refractivity contribution is 0.650. The van der Waals surface area contributed by atoms with Crippen LogP contribution in [0.1, 0.15) is 41.5 Å². The molecule has 0 aromatic rings. The lowest BCUT2D eigenvalue weighted by Crippen LogP contribution is -2.36. The summed E-state index contributed by atoms with van der Waals surface area (Å²) in [6, 6.07) is 0. The second kappa shape index (κ2) is 3.56. The highest BCUT2D eigenvalue weighted by Crippen LogP contribution is 2.45. The Morgan fingerprint density at radius 2 is 1.50 bits per heavy atom. The zero-order valence-corrected chi connectivity index (χ0v) is 11.2. The molecule has 0 N–H and O–H groups in total. The zero-order valence-electron chi connectivity index (χ0n) is 10.2. The SMILES string of the molecule is CC(C)(C)[Si](C1=C=CC=C1)C(C)(C)C. The first-order valence-electron chi connectivity index (χ1n) is 5.24. The average molecular weight is 205 g/mol. The van der Waals surface area contributed by atoms with Crippen LogP contribution in [0.4, 0.5) is 0 Å². The molecule has 0 saturated heterocycles. The minimum atomic E-state index is -0.566. The Balaban J connectivity index is 3.08. The van der Waals surface area contributed by atoms with Crippen molar-refractivity contribution in [2.75, 3.05) is 0 Å². The first-order valence-corrected chi connectivity index (χ1v) is 6.74. The number of allylic oxidation sites excluding steroid dienone is 3. The van der Waals surface area contributed by atoms with Crippen LogP contribution in [0.3, 0.4) is 0 Å². The molecule has 1 radical (unpaired) electrons. The highest BCUT2D eigenvalue weighted by atomic mass is 28.3. The minimum Gasteiger partial charge on any atom is -0.122 e. The van der Waals surface area contributed by atoms with Gasteiger partial charge < -0.3 is 0 Å². The molecular weight excluding hydrogens is 184 g/mol. The molecule has 77 valence electrons. The van der Waals surface area contributed by atoms with Crippen molar-refractivity contribution in [3.05, 3.63) is 29.2 Å². The summed E-state index contributed by atoms with van der Waals surface area (Å²) in [5, 5.41) is 2.25. The standard InChI is InChI=1S/C13H21Si/c1-12(2,3)14(13(4,5)6)11-9-7-8-10-11/h7-9H,1-6H3. The van der Waals surface area contributed by atoms with Crippen molar-refractivity contribution in [1.29, 1.82) is 0 Å². The van der Waals surface area contributed by atoms with Crippen LogP contribution < -0.4 is 0 Å². The van der Waals surface area contributed by atoms with Gasteiger partial charge in [-0.1, -0.05) is 53.7 Å². The Morgan fingerprint density at radius 1 is 1.00 bits per heavy atom. The molecule has 0 spiro atoms. The van der Waals surface area contributed by atoms with Gasteiger partial charge in [-0.2, -0.15) is 0 Å². The van der Waals surface area contributed by atoms with Gasteiger partial charge in [-0.15, -0.1) is 5.73 Å². The first kappa shape index (κ1) is 11.6. The van der Waals surface area contributed by atoms with Crippen LogP contribution in [0.25, 0.3) is 0 Å². The van der Waals surface area contributed by atoms with Crippen LogP contribution in [0.15, 0.2) is 29.2 Å². The molecule has 0 fully saturated rings. The van der Waals surface area contributed by atoms with E-state index in [1.54, 1.807) is 0 Å². The van der Waals surface area contributed by atoms with Crippen LogP contribution in [-0.4, -0.2) is 8.80 Å². The average Bonchev–Trinajstić information content (AvgIpc) is 2.31. The molecule has 1 rings (SSSR count). The normalized spacial score (nSPS) is 16.6. The molecule has 0 nitrogen and oxygen atoms in total. The summed E-state index contributed by atoms with van der Waals surface area (Å²) in [5.41, 5.74) is 3.40. The van der Waals surface area contributed by atoms with Crippen molar-refractivity contribution >= 4 is 8.80 Å². The van der Waals surface area contributed by atoms with E-state index in [4.69, 9.17) is 0 Å². The topological polar surface area (TPSA) is 0 Å². The molecule has 0 aromatic carbocycles. The van der Waals surface area contributed by atoms with Crippen molar-refractivity contribution in [3.8, 4) is 0 Å². The van der Waals surface area contributed by atoms with E-state index in [1.165, 1.54) is 5.20 Å². The Bertz CT molecular complexity index is 287. The number of hydrogen-bond donors (Lipinski definition) is 0. The fraction of sp³-hybridized carbons (Fsp3) is 0.615. The largest absolute Gasteiger partial charge is 0.122 e. The Morgan fingerprint density at radius 3 is 1.79 bits per heavy atom. The molecule has 1 heteroatoms. The van der Waals surface area contributed by atoms with Crippen LogP contribution in [0.2, 0.25) is 10.1 Å². The third kappa shape index (κ3) is 2.49. The van der Waals surface area contributed by atoms with Crippen molar-refractivity contribution in [3.63, 3.8) is 0 Å². The smallest absolute Gasteiger partial charge is 0.107 e. The molecule has 0 bridgehead atoms. The maximum absolute atomic E-state index is 3.40. The number of hydrogen-bond acceptors (Lipinski definition) is 0. The van der Waals surface area contributed by atoms with Gasteiger partial charge >= 0.3 is 0 Å². The van der Waals surface area contributed by atoms with E-state index in [1.807, 2.05) is 6.08 Å². The van der Waals surface area contributed by atoms with Crippen LogP contribution in [0.5, 0.6) is 0 Å². The highest BCUT2D eigenvalue weighted by molar-refractivity contribution is 6.73. The number of rotatable bonds is 1. The summed E-state index contributed by atoms with van der Waals surface area (Å²) in [6.07, 6.45) is 6.39. The monoisotopic (exact) mass is 205 g/mol. The summed E-state index contributed by atoms with van der Waals surface area (Å²) in [6.45, 7) is 14.1. The Hall–Kier alpha value is -0.523. The zero-order chi connectivity index (χ0) is 11.0. The van der Waals surface area contributed by atoms with E-state index in [2.05, 4.69) is 59.4 Å². The maximum Gasteiger partial charge on any atom is 0.107 e. The molecule has 0 heterocycles.